The van der Waals surface area contributed by atoms with E-state index in [4.69, 9.17) is 13.9 Å². The van der Waals surface area contributed by atoms with Gasteiger partial charge < -0.3 is 19.2 Å². The van der Waals surface area contributed by atoms with Crippen LogP contribution in [0.5, 0.6) is 5.75 Å². The van der Waals surface area contributed by atoms with Crippen LogP contribution in [-0.4, -0.2) is 42.8 Å². The molecule has 5 aromatic rings. The Kier molecular flexibility index (Phi) is 13.6. The van der Waals surface area contributed by atoms with Gasteiger partial charge in [0.2, 0.25) is 5.91 Å². The first-order valence-electron chi connectivity index (χ1n) is 18.8. The highest BCUT2D eigenvalue weighted by Gasteiger charge is 2.46. The lowest BCUT2D eigenvalue weighted by Crippen LogP contribution is -2.45. The number of halogens is 3. The molecule has 5 aromatic carbocycles. The quantitative estimate of drug-likeness (QED) is 0.105. The molecule has 0 unspecified atom stereocenters. The molecule has 57 heavy (non-hydrogen) atoms. The fourth-order valence-electron chi connectivity index (χ4n) is 6.30. The fourth-order valence-corrected chi connectivity index (χ4v) is 9.35. The molecule has 1 aliphatic rings. The summed E-state index contributed by atoms with van der Waals surface area (Å²) in [7, 11) is -2.42. The van der Waals surface area contributed by atoms with Gasteiger partial charge in [-0.3, -0.25) is 4.79 Å². The summed E-state index contributed by atoms with van der Waals surface area (Å²) in [6, 6.07) is 35.3. The highest BCUT2D eigenvalue weighted by Crippen LogP contribution is 2.44. The number of nitrogens with one attached hydrogen (secondary N) is 1. The van der Waals surface area contributed by atoms with Gasteiger partial charge in [-0.25, -0.2) is 18.5 Å². The zero-order valence-electron chi connectivity index (χ0n) is 32.6. The van der Waals surface area contributed by atoms with Gasteiger partial charge in [0.25, 0.3) is 0 Å². The summed E-state index contributed by atoms with van der Waals surface area (Å²) in [6.07, 6.45) is -1.28. The maximum atomic E-state index is 15.4. The van der Waals surface area contributed by atoms with Gasteiger partial charge in [-0.05, 0) is 83.4 Å². The lowest BCUT2D eigenvalue weighted by atomic mass is 9.99. The second kappa shape index (κ2) is 18.4. The fraction of sp³-hybridized carbons (Fsp3) is 0.289. The van der Waals surface area contributed by atoms with Crippen LogP contribution in [0.2, 0.25) is 18.1 Å². The van der Waals surface area contributed by atoms with Crippen LogP contribution < -0.4 is 10.1 Å². The van der Waals surface area contributed by atoms with Crippen molar-refractivity contribution in [1.82, 2.24) is 4.90 Å². The average molecular weight is 874 g/mol. The van der Waals surface area contributed by atoms with Crippen LogP contribution >= 0.6 is 27.7 Å². The highest BCUT2D eigenvalue weighted by molar-refractivity contribution is 9.10. The summed E-state index contributed by atoms with van der Waals surface area (Å²) in [5, 5.41) is 2.38. The molecule has 0 radical (unpaired) electrons. The highest BCUT2D eigenvalue weighted by atomic mass is 79.9. The summed E-state index contributed by atoms with van der Waals surface area (Å²) < 4.78 is 48.4. The molecule has 1 aliphatic heterocycles. The summed E-state index contributed by atoms with van der Waals surface area (Å²) in [5.74, 6) is -0.497. The molecule has 298 valence electrons. The molecule has 4 atom stereocenters. The van der Waals surface area contributed by atoms with Crippen LogP contribution in [0.15, 0.2) is 132 Å². The molecule has 6 rings (SSSR count). The van der Waals surface area contributed by atoms with Crippen molar-refractivity contribution >= 4 is 53.7 Å². The molecule has 0 bridgehead atoms. The van der Waals surface area contributed by atoms with Gasteiger partial charge in [0.1, 0.15) is 41.9 Å². The van der Waals surface area contributed by atoms with Crippen LogP contribution in [0.3, 0.4) is 0 Å². The third kappa shape index (κ3) is 10.5. The van der Waals surface area contributed by atoms with Crippen LogP contribution in [0, 0.1) is 11.6 Å². The van der Waals surface area contributed by atoms with E-state index in [1.807, 2.05) is 78.9 Å². The zero-order chi connectivity index (χ0) is 40.7. The van der Waals surface area contributed by atoms with Gasteiger partial charge in [-0.1, -0.05) is 116 Å². The first kappa shape index (κ1) is 42.1. The van der Waals surface area contributed by atoms with Crippen molar-refractivity contribution < 1.29 is 32.3 Å². The minimum atomic E-state index is -2.42. The van der Waals surface area contributed by atoms with Crippen molar-refractivity contribution in [3.05, 3.63) is 166 Å². The third-order valence-corrected chi connectivity index (χ3v) is 16.8. The number of ether oxygens (including phenoxy) is 2. The Morgan fingerprint density at radius 3 is 2.16 bits per heavy atom. The largest absolute Gasteiger partial charge is 0.489 e. The first-order chi connectivity index (χ1) is 27.2. The second-order valence-electron chi connectivity index (χ2n) is 15.5. The number of benzene rings is 5. The predicted molar refractivity (Wildman–Crippen MR) is 229 cm³/mol. The summed E-state index contributed by atoms with van der Waals surface area (Å²) in [5.41, 5.74) is 3.65. The second-order valence-corrected chi connectivity index (χ2v) is 22.3. The van der Waals surface area contributed by atoms with E-state index in [0.717, 1.165) is 21.2 Å². The molecule has 1 heterocycles. The van der Waals surface area contributed by atoms with Crippen LogP contribution in [0.25, 0.3) is 0 Å². The summed E-state index contributed by atoms with van der Waals surface area (Å²) >= 11 is 4.94. The number of rotatable bonds is 15. The number of carbonyl (C=O) groups excluding carboxylic acids is 2. The van der Waals surface area contributed by atoms with E-state index >= 15 is 4.79 Å². The van der Waals surface area contributed by atoms with Crippen LogP contribution in [0.4, 0.5) is 19.3 Å². The Labute approximate surface area is 347 Å². The molecule has 0 spiro atoms. The zero-order valence-corrected chi connectivity index (χ0v) is 36.0. The number of hydrogen-bond donors (Lipinski definition) is 1. The Morgan fingerprint density at radius 1 is 0.912 bits per heavy atom. The Bertz CT molecular complexity index is 2120. The van der Waals surface area contributed by atoms with Gasteiger partial charge in [0.15, 0.2) is 8.32 Å². The van der Waals surface area contributed by atoms with Crippen molar-refractivity contribution in [2.45, 2.75) is 68.9 Å². The number of thioether (sulfide) groups is 1. The molecule has 7 nitrogen and oxygen atoms in total. The number of hydrogen-bond acceptors (Lipinski definition) is 7. The van der Waals surface area contributed by atoms with Gasteiger partial charge in [-0.15, -0.1) is 11.8 Å². The third-order valence-electron chi connectivity index (χ3n) is 10.5. The molecule has 2 amide bonds. The van der Waals surface area contributed by atoms with E-state index in [1.165, 1.54) is 40.9 Å². The van der Waals surface area contributed by atoms with Crippen molar-refractivity contribution in [3.63, 3.8) is 0 Å². The molecule has 0 aromatic heterocycles. The van der Waals surface area contributed by atoms with E-state index in [0.29, 0.717) is 17.0 Å². The average Bonchev–Trinajstić information content (AvgIpc) is 3.58. The molecule has 0 aliphatic carbocycles. The minimum Gasteiger partial charge on any atom is -0.489 e. The number of amides is 2. The Balaban J connectivity index is 1.48. The lowest BCUT2D eigenvalue weighted by Gasteiger charge is -2.40. The molecule has 1 saturated heterocycles. The molecule has 0 saturated carbocycles. The molecule has 1 N–H and O–H groups in total. The van der Waals surface area contributed by atoms with Crippen LogP contribution in [0.1, 0.15) is 61.2 Å². The van der Waals surface area contributed by atoms with E-state index in [1.54, 1.807) is 24.3 Å². The van der Waals surface area contributed by atoms with Gasteiger partial charge in [0.05, 0.1) is 12.1 Å². The smallest absolute Gasteiger partial charge is 0.417 e. The minimum absolute atomic E-state index is 0.00155. The van der Waals surface area contributed by atoms with E-state index in [-0.39, 0.29) is 29.8 Å². The number of carbonyl (C=O) groups is 2. The van der Waals surface area contributed by atoms with Gasteiger partial charge in [0, 0.05) is 21.5 Å². The van der Waals surface area contributed by atoms with E-state index < -0.39 is 49.6 Å². The molecule has 12 heteroatoms. The number of nitrogens with zero attached hydrogens (tertiary/aromatic N) is 1. The Hall–Kier alpha value is -4.49. The lowest BCUT2D eigenvalue weighted by molar-refractivity contribution is -0.129. The number of cyclic esters (lactones) is 1. The van der Waals surface area contributed by atoms with Crippen LogP contribution in [-0.2, 0) is 20.6 Å². The van der Waals surface area contributed by atoms with Crippen molar-refractivity contribution in [1.29, 1.82) is 0 Å². The standard InChI is InChI=1S/C45H47BrF2N2O5SSi/c1-45(2,3)57(4,5)55-40(32-16-19-34(47)20-17-32)29-56-42(43(51)50-38(28-54-44(50)52)31-14-10-7-11-15-31)41(49-36-23-21-35(48)22-24-36)37-25-18-33(46)26-39(37)53-27-30-12-8-6-9-13-30/h6-26,38,40-42,49H,27-29H2,1-5H3/t38-,40-,41-,42-/m1/s1. The van der Waals surface area contributed by atoms with Crippen molar-refractivity contribution in [3.8, 4) is 5.75 Å². The normalized spacial score (nSPS) is 16.1. The number of imide groups is 1. The van der Waals surface area contributed by atoms with E-state index in [9.17, 15) is 13.6 Å². The summed E-state index contributed by atoms with van der Waals surface area (Å²) in [4.78, 5) is 30.2. The van der Waals surface area contributed by atoms with Crippen molar-refractivity contribution in [2.75, 3.05) is 17.7 Å². The van der Waals surface area contributed by atoms with E-state index in [2.05, 4.69) is 55.1 Å². The molecule has 1 fully saturated rings. The molecular formula is C45H47BrF2N2O5SSi. The molecular weight excluding hydrogens is 827 g/mol. The first-order valence-corrected chi connectivity index (χ1v) is 23.5. The van der Waals surface area contributed by atoms with Gasteiger partial charge >= 0.3 is 6.09 Å². The maximum Gasteiger partial charge on any atom is 0.417 e. The SMILES string of the molecule is CC(C)(C)[Si](C)(C)O[C@H](CS[C@@H](C(=O)N1C(=O)OC[C@@H]1c1ccccc1)[C@H](Nc1ccc(F)cc1)c1ccc(Br)cc1OCc1ccccc1)c1ccc(F)cc1. The Morgan fingerprint density at radius 2 is 1.53 bits per heavy atom. The van der Waals surface area contributed by atoms with Crippen molar-refractivity contribution in [2.24, 2.45) is 0 Å². The maximum absolute atomic E-state index is 15.4. The van der Waals surface area contributed by atoms with Gasteiger partial charge in [-0.2, -0.15) is 0 Å². The summed E-state index contributed by atoms with van der Waals surface area (Å²) in [6.45, 7) is 11.0. The topological polar surface area (TPSA) is 77.1 Å². The number of anilines is 1. The monoisotopic (exact) mass is 872 g/mol. The predicted octanol–water partition coefficient (Wildman–Crippen LogP) is 12.0.